The van der Waals surface area contributed by atoms with Crippen LogP contribution < -0.4 is 20.7 Å². The summed E-state index contributed by atoms with van der Waals surface area (Å²) in [6, 6.07) is 25.6. The third-order valence-corrected chi connectivity index (χ3v) is 4.18. The number of anilines is 4. The van der Waals surface area contributed by atoms with Gasteiger partial charge in [-0.2, -0.15) is 5.26 Å². The number of amides is 1. The van der Waals surface area contributed by atoms with Gasteiger partial charge < -0.3 is 20.7 Å². The standard InChI is InChI=1S/C23H20N4O2/c1-29-22-10-6-5-9-21(22)26-23(28)17(15-24)16-27(19-7-3-2-4-8-19)20-13-11-18(25)12-14-20/h2-14,16H,25H2,1H3,(H,26,28)/b17-16-. The van der Waals surface area contributed by atoms with Gasteiger partial charge in [0.25, 0.3) is 5.91 Å². The lowest BCUT2D eigenvalue weighted by Crippen LogP contribution is -2.18. The Hall–Kier alpha value is -4.24. The van der Waals surface area contributed by atoms with E-state index in [1.54, 1.807) is 41.3 Å². The Morgan fingerprint density at radius 3 is 2.28 bits per heavy atom. The largest absolute Gasteiger partial charge is 0.495 e. The normalized spacial score (nSPS) is 10.7. The number of rotatable bonds is 6. The van der Waals surface area contributed by atoms with Crippen molar-refractivity contribution < 1.29 is 9.53 Å². The average molecular weight is 384 g/mol. The number of nitrogens with zero attached hydrogens (tertiary/aromatic N) is 2. The molecule has 0 bridgehead atoms. The molecule has 0 radical (unpaired) electrons. The first kappa shape index (κ1) is 19.5. The predicted molar refractivity (Wildman–Crippen MR) is 115 cm³/mol. The molecule has 0 aliphatic rings. The van der Waals surface area contributed by atoms with Gasteiger partial charge in [0, 0.05) is 23.3 Å². The monoisotopic (exact) mass is 384 g/mol. The number of nitriles is 1. The minimum absolute atomic E-state index is 0.0587. The molecule has 0 heterocycles. The van der Waals surface area contributed by atoms with E-state index >= 15 is 0 Å². The minimum atomic E-state index is -0.534. The van der Waals surface area contributed by atoms with E-state index in [1.807, 2.05) is 48.5 Å². The smallest absolute Gasteiger partial charge is 0.267 e. The summed E-state index contributed by atoms with van der Waals surface area (Å²) in [5, 5.41) is 12.4. The molecule has 1 amide bonds. The molecule has 0 spiro atoms. The van der Waals surface area contributed by atoms with Crippen molar-refractivity contribution in [1.29, 1.82) is 5.26 Å². The molecular formula is C23H20N4O2. The first-order chi connectivity index (χ1) is 14.1. The van der Waals surface area contributed by atoms with Crippen LogP contribution in [0.5, 0.6) is 5.75 Å². The molecule has 0 unspecified atom stereocenters. The maximum Gasteiger partial charge on any atom is 0.267 e. The van der Waals surface area contributed by atoms with E-state index in [-0.39, 0.29) is 5.57 Å². The number of para-hydroxylation sites is 3. The van der Waals surface area contributed by atoms with E-state index < -0.39 is 5.91 Å². The molecule has 3 rings (SSSR count). The highest BCUT2D eigenvalue weighted by atomic mass is 16.5. The third-order valence-electron chi connectivity index (χ3n) is 4.18. The summed E-state index contributed by atoms with van der Waals surface area (Å²) in [5.74, 6) is -0.0232. The van der Waals surface area contributed by atoms with Gasteiger partial charge in [-0.1, -0.05) is 30.3 Å². The number of hydrogen-bond donors (Lipinski definition) is 2. The number of hydrogen-bond acceptors (Lipinski definition) is 5. The number of carbonyl (C=O) groups is 1. The van der Waals surface area contributed by atoms with Crippen molar-refractivity contribution in [3.05, 3.63) is 90.6 Å². The highest BCUT2D eigenvalue weighted by Gasteiger charge is 2.15. The average Bonchev–Trinajstić information content (AvgIpc) is 2.76. The lowest BCUT2D eigenvalue weighted by Gasteiger charge is -2.21. The van der Waals surface area contributed by atoms with Crippen molar-refractivity contribution in [3.8, 4) is 11.8 Å². The van der Waals surface area contributed by atoms with Crippen LogP contribution in [0.4, 0.5) is 22.7 Å². The second kappa shape index (κ2) is 9.11. The highest BCUT2D eigenvalue weighted by molar-refractivity contribution is 6.07. The Balaban J connectivity index is 1.97. The van der Waals surface area contributed by atoms with E-state index in [1.165, 1.54) is 13.3 Å². The maximum atomic E-state index is 12.8. The Bertz CT molecular complexity index is 1050. The first-order valence-electron chi connectivity index (χ1n) is 8.88. The fourth-order valence-corrected chi connectivity index (χ4v) is 2.73. The molecule has 0 aliphatic heterocycles. The second-order valence-corrected chi connectivity index (χ2v) is 6.11. The molecule has 0 aliphatic carbocycles. The summed E-state index contributed by atoms with van der Waals surface area (Å²) in [6.07, 6.45) is 1.51. The zero-order chi connectivity index (χ0) is 20.6. The lowest BCUT2D eigenvalue weighted by molar-refractivity contribution is -0.112. The van der Waals surface area contributed by atoms with Crippen LogP contribution in [-0.2, 0) is 4.79 Å². The molecule has 3 aromatic rings. The van der Waals surface area contributed by atoms with Gasteiger partial charge in [0.15, 0.2) is 0 Å². The number of methoxy groups -OCH3 is 1. The number of carbonyl (C=O) groups excluding carboxylic acids is 1. The van der Waals surface area contributed by atoms with Crippen molar-refractivity contribution in [2.24, 2.45) is 0 Å². The van der Waals surface area contributed by atoms with Crippen LogP contribution in [0.15, 0.2) is 90.6 Å². The molecule has 29 heavy (non-hydrogen) atoms. The zero-order valence-electron chi connectivity index (χ0n) is 15.9. The SMILES string of the molecule is COc1ccccc1NC(=O)/C(C#N)=C\N(c1ccccc1)c1ccc(N)cc1. The molecular weight excluding hydrogens is 364 g/mol. The van der Waals surface area contributed by atoms with Crippen molar-refractivity contribution in [2.75, 3.05) is 23.1 Å². The van der Waals surface area contributed by atoms with Gasteiger partial charge in [-0.15, -0.1) is 0 Å². The predicted octanol–water partition coefficient (Wildman–Crippen LogP) is 4.46. The summed E-state index contributed by atoms with van der Waals surface area (Å²) >= 11 is 0. The second-order valence-electron chi connectivity index (χ2n) is 6.11. The number of nitrogens with one attached hydrogen (secondary N) is 1. The molecule has 0 fully saturated rings. The number of benzene rings is 3. The third kappa shape index (κ3) is 4.73. The van der Waals surface area contributed by atoms with Gasteiger partial charge in [0.05, 0.1) is 12.8 Å². The van der Waals surface area contributed by atoms with Crippen LogP contribution in [-0.4, -0.2) is 13.0 Å². The Morgan fingerprint density at radius 1 is 1.00 bits per heavy atom. The highest BCUT2D eigenvalue weighted by Crippen LogP contribution is 2.28. The fraction of sp³-hybridized carbons (Fsp3) is 0.0435. The summed E-state index contributed by atoms with van der Waals surface area (Å²) in [7, 11) is 1.52. The van der Waals surface area contributed by atoms with Crippen molar-refractivity contribution in [3.63, 3.8) is 0 Å². The van der Waals surface area contributed by atoms with E-state index in [0.29, 0.717) is 17.1 Å². The minimum Gasteiger partial charge on any atom is -0.495 e. The van der Waals surface area contributed by atoms with Crippen molar-refractivity contribution in [2.45, 2.75) is 0 Å². The van der Waals surface area contributed by atoms with Gasteiger partial charge in [-0.3, -0.25) is 4.79 Å². The molecule has 0 saturated carbocycles. The molecule has 0 atom stereocenters. The van der Waals surface area contributed by atoms with Crippen LogP contribution in [0, 0.1) is 11.3 Å². The molecule has 6 nitrogen and oxygen atoms in total. The summed E-state index contributed by atoms with van der Waals surface area (Å²) < 4.78 is 5.25. The maximum absolute atomic E-state index is 12.8. The van der Waals surface area contributed by atoms with Crippen LogP contribution in [0.2, 0.25) is 0 Å². The summed E-state index contributed by atoms with van der Waals surface area (Å²) in [6.45, 7) is 0. The van der Waals surface area contributed by atoms with Crippen LogP contribution in [0.25, 0.3) is 0 Å². The molecule has 0 aromatic heterocycles. The quantitative estimate of drug-likeness (QED) is 0.372. The molecule has 3 aromatic carbocycles. The van der Waals surface area contributed by atoms with Gasteiger partial charge in [0.2, 0.25) is 0 Å². The van der Waals surface area contributed by atoms with Crippen molar-refractivity contribution in [1.82, 2.24) is 0 Å². The molecule has 6 heteroatoms. The first-order valence-corrected chi connectivity index (χ1v) is 8.88. The topological polar surface area (TPSA) is 91.4 Å². The molecule has 144 valence electrons. The Labute approximate surface area is 169 Å². The Morgan fingerprint density at radius 2 is 1.62 bits per heavy atom. The van der Waals surface area contributed by atoms with E-state index in [0.717, 1.165) is 11.4 Å². The van der Waals surface area contributed by atoms with Gasteiger partial charge in [-0.05, 0) is 48.5 Å². The molecule has 0 saturated heterocycles. The fourth-order valence-electron chi connectivity index (χ4n) is 2.73. The molecule has 3 N–H and O–H groups in total. The zero-order valence-corrected chi connectivity index (χ0v) is 15.9. The Kier molecular flexibility index (Phi) is 6.13. The lowest BCUT2D eigenvalue weighted by atomic mass is 10.2. The van der Waals surface area contributed by atoms with Gasteiger partial charge in [0.1, 0.15) is 17.4 Å². The number of ether oxygens (including phenoxy) is 1. The number of nitrogens with two attached hydrogens (primary N) is 1. The number of nitrogen functional groups attached to an aromatic ring is 1. The van der Waals surface area contributed by atoms with Crippen molar-refractivity contribution >= 4 is 28.7 Å². The van der Waals surface area contributed by atoms with Gasteiger partial charge in [-0.25, -0.2) is 0 Å². The van der Waals surface area contributed by atoms with Crippen LogP contribution >= 0.6 is 0 Å². The van der Waals surface area contributed by atoms with Crippen LogP contribution in [0.3, 0.4) is 0 Å². The van der Waals surface area contributed by atoms with Gasteiger partial charge >= 0.3 is 0 Å². The summed E-state index contributed by atoms with van der Waals surface area (Å²) in [5.41, 5.74) is 8.41. The van der Waals surface area contributed by atoms with E-state index in [2.05, 4.69) is 5.32 Å². The van der Waals surface area contributed by atoms with Crippen LogP contribution in [0.1, 0.15) is 0 Å². The van der Waals surface area contributed by atoms with E-state index in [9.17, 15) is 10.1 Å². The summed E-state index contributed by atoms with van der Waals surface area (Å²) in [4.78, 5) is 14.5. The van der Waals surface area contributed by atoms with E-state index in [4.69, 9.17) is 10.5 Å².